The van der Waals surface area contributed by atoms with Crippen LogP contribution in [0.15, 0.2) is 30.5 Å². The van der Waals surface area contributed by atoms with Crippen LogP contribution in [-0.2, 0) is 25.5 Å². The molecule has 3 N–H and O–H groups in total. The number of carbonyl (C=O) groups excluding carboxylic acids is 2. The van der Waals surface area contributed by atoms with E-state index >= 15 is 0 Å². The number of ether oxygens (including phenoxy) is 1. The normalized spacial score (nSPS) is 21.7. The van der Waals surface area contributed by atoms with Gasteiger partial charge in [0.25, 0.3) is 0 Å². The number of carbonyl (C=O) groups is 3. The molecule has 1 aromatic heterocycles. The maximum atomic E-state index is 13.3. The Morgan fingerprint density at radius 2 is 2.03 bits per heavy atom. The number of hydrogen-bond donors (Lipinski definition) is 3. The molecule has 2 unspecified atom stereocenters. The van der Waals surface area contributed by atoms with Gasteiger partial charge in [0.05, 0.1) is 17.2 Å². The molecule has 4 rings (SSSR count). The monoisotopic (exact) mass is 477 g/mol. The van der Waals surface area contributed by atoms with Crippen molar-refractivity contribution in [2.24, 2.45) is 0 Å². The van der Waals surface area contributed by atoms with Gasteiger partial charge in [-0.2, -0.15) is 0 Å². The minimum absolute atomic E-state index is 0.246. The van der Waals surface area contributed by atoms with E-state index < -0.39 is 30.1 Å². The fourth-order valence-electron chi connectivity index (χ4n) is 4.49. The summed E-state index contributed by atoms with van der Waals surface area (Å²) in [6.07, 6.45) is 2.63. The third-order valence-corrected chi connectivity index (χ3v) is 9.51. The van der Waals surface area contributed by atoms with Gasteiger partial charge in [-0.25, -0.2) is 4.79 Å². The van der Waals surface area contributed by atoms with Crippen LogP contribution in [0.25, 0.3) is 10.9 Å². The molecule has 2 aliphatic heterocycles. The molecule has 0 bridgehead atoms. The van der Waals surface area contributed by atoms with Crippen molar-refractivity contribution in [1.82, 2.24) is 15.2 Å². The molecule has 2 saturated heterocycles. The first-order valence-corrected chi connectivity index (χ1v) is 12.5. The number of aromatic amines is 1. The molecule has 2 aromatic rings. The number of carboxylic acid groups (broad SMARTS) is 1. The summed E-state index contributed by atoms with van der Waals surface area (Å²) in [5.41, 5.74) is 1.90. The molecule has 0 saturated carbocycles. The highest BCUT2D eigenvalue weighted by Crippen LogP contribution is 2.51. The van der Waals surface area contributed by atoms with Gasteiger partial charge < -0.3 is 19.7 Å². The molecular weight excluding hydrogens is 450 g/mol. The van der Waals surface area contributed by atoms with Crippen molar-refractivity contribution < 1.29 is 24.2 Å². The number of hydrogen-bond acceptors (Lipinski definition) is 7. The van der Waals surface area contributed by atoms with Crippen LogP contribution in [0.1, 0.15) is 18.9 Å². The fourth-order valence-corrected chi connectivity index (χ4v) is 7.75. The van der Waals surface area contributed by atoms with Crippen LogP contribution in [0.2, 0.25) is 0 Å². The van der Waals surface area contributed by atoms with Gasteiger partial charge in [-0.15, -0.1) is 23.5 Å². The lowest BCUT2D eigenvalue weighted by molar-refractivity contribution is -0.149. The third kappa shape index (κ3) is 4.49. The highest BCUT2D eigenvalue weighted by Gasteiger charge is 2.52. The largest absolute Gasteiger partial charge is 0.480 e. The number of carboxylic acids is 1. The number of aliphatic carboxylic acids is 1. The molecule has 1 aromatic carbocycles. The first-order chi connectivity index (χ1) is 15.3. The zero-order valence-corrected chi connectivity index (χ0v) is 19.6. The quantitative estimate of drug-likeness (QED) is 0.520. The van der Waals surface area contributed by atoms with E-state index in [1.807, 2.05) is 30.5 Å². The molecule has 1 spiro atoms. The van der Waals surface area contributed by atoms with Crippen molar-refractivity contribution >= 4 is 52.3 Å². The second-order valence-corrected chi connectivity index (χ2v) is 11.4. The summed E-state index contributed by atoms with van der Waals surface area (Å²) in [7, 11) is 1.32. The number of amides is 1. The molecule has 0 radical (unpaired) electrons. The zero-order chi connectivity index (χ0) is 22.9. The van der Waals surface area contributed by atoms with E-state index in [1.165, 1.54) is 12.0 Å². The summed E-state index contributed by atoms with van der Waals surface area (Å²) in [5, 5.41) is 13.8. The summed E-state index contributed by atoms with van der Waals surface area (Å²) in [4.78, 5) is 42.3. The number of fused-ring (bicyclic) bond motifs is 1. The maximum absolute atomic E-state index is 13.3. The minimum atomic E-state index is -0.987. The second kappa shape index (κ2) is 9.36. The van der Waals surface area contributed by atoms with Crippen molar-refractivity contribution in [3.05, 3.63) is 36.0 Å². The maximum Gasteiger partial charge on any atom is 0.326 e. The van der Waals surface area contributed by atoms with Crippen LogP contribution in [0.3, 0.4) is 0 Å². The van der Waals surface area contributed by atoms with Crippen molar-refractivity contribution in [3.63, 3.8) is 0 Å². The number of nitrogens with one attached hydrogen (secondary N) is 2. The fraction of sp³-hybridized carbons (Fsp3) is 0.500. The van der Waals surface area contributed by atoms with Gasteiger partial charge in [0, 0.05) is 48.0 Å². The predicted octanol–water partition coefficient (Wildman–Crippen LogP) is 2.09. The predicted molar refractivity (Wildman–Crippen MR) is 126 cm³/mol. The number of methoxy groups -OCH3 is 1. The molecule has 172 valence electrons. The van der Waals surface area contributed by atoms with Crippen molar-refractivity contribution in [1.29, 1.82) is 0 Å². The van der Waals surface area contributed by atoms with Gasteiger partial charge in [-0.1, -0.05) is 18.2 Å². The van der Waals surface area contributed by atoms with E-state index in [-0.39, 0.29) is 9.99 Å². The number of benzene rings is 1. The van der Waals surface area contributed by atoms with Gasteiger partial charge in [-0.05, 0) is 18.6 Å². The number of esters is 1. The van der Waals surface area contributed by atoms with Crippen LogP contribution in [0.4, 0.5) is 0 Å². The average molecular weight is 478 g/mol. The van der Waals surface area contributed by atoms with Crippen LogP contribution < -0.4 is 5.32 Å². The Bertz CT molecular complexity index is 1020. The van der Waals surface area contributed by atoms with Crippen molar-refractivity contribution in [2.75, 3.05) is 25.2 Å². The average Bonchev–Trinajstić information content (AvgIpc) is 3.52. The van der Waals surface area contributed by atoms with Gasteiger partial charge in [0.15, 0.2) is 0 Å². The van der Waals surface area contributed by atoms with Gasteiger partial charge in [0.1, 0.15) is 12.1 Å². The Hall–Kier alpha value is -2.17. The van der Waals surface area contributed by atoms with Crippen LogP contribution in [0, 0.1) is 0 Å². The summed E-state index contributed by atoms with van der Waals surface area (Å²) in [5.74, 6) is 0.155. The van der Waals surface area contributed by atoms with Crippen molar-refractivity contribution in [3.8, 4) is 0 Å². The number of thioether (sulfide) groups is 2. The van der Waals surface area contributed by atoms with E-state index in [1.54, 1.807) is 30.4 Å². The first-order valence-electron chi connectivity index (χ1n) is 10.5. The Morgan fingerprint density at radius 1 is 1.31 bits per heavy atom. The van der Waals surface area contributed by atoms with E-state index in [4.69, 9.17) is 4.74 Å². The minimum Gasteiger partial charge on any atom is -0.480 e. The van der Waals surface area contributed by atoms with Crippen LogP contribution >= 0.6 is 23.5 Å². The highest BCUT2D eigenvalue weighted by molar-refractivity contribution is 8.21. The Morgan fingerprint density at radius 3 is 2.72 bits per heavy atom. The second-order valence-electron chi connectivity index (χ2n) is 8.16. The van der Waals surface area contributed by atoms with Crippen molar-refractivity contribution in [2.45, 2.75) is 42.0 Å². The summed E-state index contributed by atoms with van der Waals surface area (Å²) in [6.45, 7) is 2.07. The lowest BCUT2D eigenvalue weighted by Gasteiger charge is -2.28. The molecule has 2 aliphatic rings. The SMILES string of the molecule is COC(=O)C(Cc1c[nH]c2ccccc12)N[C@@H](C)C(=O)N1CC2(CC1C(=O)O)SCCS2. The van der Waals surface area contributed by atoms with E-state index in [0.29, 0.717) is 19.4 Å². The number of para-hydroxylation sites is 1. The van der Waals surface area contributed by atoms with Crippen LogP contribution in [-0.4, -0.2) is 80.2 Å². The molecule has 3 heterocycles. The summed E-state index contributed by atoms with van der Waals surface area (Å²) >= 11 is 3.48. The number of H-pyrrole nitrogens is 1. The lowest BCUT2D eigenvalue weighted by Crippen LogP contribution is -2.53. The molecule has 32 heavy (non-hydrogen) atoms. The van der Waals surface area contributed by atoms with E-state index in [2.05, 4.69) is 10.3 Å². The molecule has 3 atom stereocenters. The van der Waals surface area contributed by atoms with Gasteiger partial charge >= 0.3 is 11.9 Å². The Balaban J connectivity index is 1.50. The zero-order valence-electron chi connectivity index (χ0n) is 18.0. The van der Waals surface area contributed by atoms with E-state index in [0.717, 1.165) is 28.0 Å². The summed E-state index contributed by atoms with van der Waals surface area (Å²) < 4.78 is 4.73. The molecular formula is C22H27N3O5S2. The number of aromatic nitrogens is 1. The topological polar surface area (TPSA) is 112 Å². The van der Waals surface area contributed by atoms with Gasteiger partial charge in [-0.3, -0.25) is 14.9 Å². The van der Waals surface area contributed by atoms with Crippen LogP contribution in [0.5, 0.6) is 0 Å². The third-order valence-electron chi connectivity index (χ3n) is 6.08. The molecule has 1 amide bonds. The Labute approximate surface area is 194 Å². The van der Waals surface area contributed by atoms with Gasteiger partial charge in [0.2, 0.25) is 5.91 Å². The molecule has 2 fully saturated rings. The van der Waals surface area contributed by atoms with E-state index in [9.17, 15) is 19.5 Å². The molecule has 0 aliphatic carbocycles. The number of likely N-dealkylation sites (tertiary alicyclic amines) is 1. The highest BCUT2D eigenvalue weighted by atomic mass is 32.2. The smallest absolute Gasteiger partial charge is 0.326 e. The molecule has 8 nitrogen and oxygen atoms in total. The summed E-state index contributed by atoms with van der Waals surface area (Å²) in [6, 6.07) is 5.46. The number of nitrogens with zero attached hydrogens (tertiary/aromatic N) is 1. The molecule has 10 heteroatoms. The lowest BCUT2D eigenvalue weighted by atomic mass is 10.0. The first kappa shape index (κ1) is 23.0. The standard InChI is InChI=1S/C22H27N3O5S2/c1-13(19(26)25-12-22(31-7-8-32-22)10-18(25)20(27)28)24-17(21(29)30-2)9-14-11-23-16-6-4-3-5-15(14)16/h3-6,11,13,17-18,23-24H,7-10,12H2,1-2H3,(H,27,28)/t13-,17?,18?/m0/s1. The number of rotatable bonds is 7. The Kier molecular flexibility index (Phi) is 6.73.